The van der Waals surface area contributed by atoms with Crippen molar-refractivity contribution in [3.05, 3.63) is 12.2 Å². The van der Waals surface area contributed by atoms with Crippen molar-refractivity contribution in [2.75, 3.05) is 26.2 Å². The zero-order chi connectivity index (χ0) is 23.0. The number of aliphatic hydroxyl groups is 1. The van der Waals surface area contributed by atoms with Gasteiger partial charge in [0, 0.05) is 31.8 Å². The Balaban J connectivity index is 1.52. The lowest BCUT2D eigenvalue weighted by atomic mass is 9.89. The second-order valence-corrected chi connectivity index (χ2v) is 9.93. The van der Waals surface area contributed by atoms with E-state index in [1.165, 1.54) is 38.8 Å². The molecule has 0 unspecified atom stereocenters. The molecule has 1 saturated carbocycles. The molecule has 0 aromatic rings. The number of carbonyl (C=O) groups excluding carboxylic acids is 2. The van der Waals surface area contributed by atoms with Gasteiger partial charge in [0.1, 0.15) is 5.78 Å². The largest absolute Gasteiger partial charge is 0.389 e. The fraction of sp³-hybridized carbons (Fsp3) is 0.852. The number of nitrogens with zero attached hydrogens (tertiary/aromatic N) is 1. The molecule has 0 spiro atoms. The third-order valence-electron chi connectivity index (χ3n) is 7.21. The Labute approximate surface area is 196 Å². The maximum absolute atomic E-state index is 12.3. The number of Topliss-reactive ketones (excluding diaryl/α,β-unsaturated/α-hetero) is 1. The van der Waals surface area contributed by atoms with Gasteiger partial charge in [-0.15, -0.1) is 0 Å². The average Bonchev–Trinajstić information content (AvgIpc) is 3.15. The van der Waals surface area contributed by atoms with Crippen LogP contribution in [0.15, 0.2) is 12.2 Å². The molecule has 1 aliphatic carbocycles. The fourth-order valence-corrected chi connectivity index (χ4v) is 5.14. The first-order chi connectivity index (χ1) is 15.6. The van der Waals surface area contributed by atoms with Crippen molar-refractivity contribution in [3.63, 3.8) is 0 Å². The van der Waals surface area contributed by atoms with Gasteiger partial charge in [-0.05, 0) is 57.5 Å². The van der Waals surface area contributed by atoms with Crippen LogP contribution in [-0.4, -0.2) is 54.0 Å². The van der Waals surface area contributed by atoms with Gasteiger partial charge in [-0.3, -0.25) is 9.59 Å². The fourth-order valence-electron chi connectivity index (χ4n) is 5.14. The molecule has 1 aliphatic heterocycles. The number of allylic oxidation sites excluding steroid dienone is 1. The molecule has 1 saturated heterocycles. The van der Waals surface area contributed by atoms with Crippen molar-refractivity contribution < 1.29 is 14.7 Å². The maximum atomic E-state index is 12.3. The second-order valence-electron chi connectivity index (χ2n) is 9.93. The lowest BCUT2D eigenvalue weighted by Gasteiger charge is -2.26. The van der Waals surface area contributed by atoms with Crippen LogP contribution in [0.3, 0.4) is 0 Å². The van der Waals surface area contributed by atoms with Gasteiger partial charge in [0.15, 0.2) is 0 Å². The Hall–Kier alpha value is -1.20. The molecule has 1 amide bonds. The zero-order valence-corrected chi connectivity index (χ0v) is 20.5. The van der Waals surface area contributed by atoms with Crippen LogP contribution in [-0.2, 0) is 9.59 Å². The van der Waals surface area contributed by atoms with Crippen LogP contribution >= 0.6 is 0 Å². The molecule has 184 valence electrons. The van der Waals surface area contributed by atoms with Gasteiger partial charge in [-0.25, -0.2) is 0 Å². The van der Waals surface area contributed by atoms with Gasteiger partial charge in [0.25, 0.3) is 0 Å². The Morgan fingerprint density at radius 2 is 1.91 bits per heavy atom. The maximum Gasteiger partial charge on any atom is 0.220 e. The molecule has 2 fully saturated rings. The van der Waals surface area contributed by atoms with Gasteiger partial charge < -0.3 is 15.3 Å². The van der Waals surface area contributed by atoms with Crippen LogP contribution < -0.4 is 5.32 Å². The minimum absolute atomic E-state index is 0.132. The summed E-state index contributed by atoms with van der Waals surface area (Å²) in [6.07, 6.45) is 19.1. The molecule has 1 heterocycles. The Kier molecular flexibility index (Phi) is 13.9. The Bertz CT molecular complexity index is 557. The van der Waals surface area contributed by atoms with Gasteiger partial charge in [-0.1, -0.05) is 64.0 Å². The highest BCUT2D eigenvalue weighted by molar-refractivity contribution is 5.83. The van der Waals surface area contributed by atoms with Crippen LogP contribution in [0.4, 0.5) is 0 Å². The van der Waals surface area contributed by atoms with E-state index in [0.717, 1.165) is 70.9 Å². The van der Waals surface area contributed by atoms with Gasteiger partial charge in [0.05, 0.1) is 6.10 Å². The predicted octanol–water partition coefficient (Wildman–Crippen LogP) is 5.02. The SMILES string of the molecule is CCCCC[C@H](O)C=C[C@H]1CCC(=O)[C@@H]1CCCCCCC(=O)NCCN1CCCCC1. The Morgan fingerprint density at radius 1 is 1.12 bits per heavy atom. The third-order valence-corrected chi connectivity index (χ3v) is 7.21. The number of hydrogen-bond donors (Lipinski definition) is 2. The highest BCUT2D eigenvalue weighted by Gasteiger charge is 2.32. The molecule has 0 aromatic heterocycles. The van der Waals surface area contributed by atoms with Crippen molar-refractivity contribution >= 4 is 11.7 Å². The lowest BCUT2D eigenvalue weighted by Crippen LogP contribution is -2.37. The van der Waals surface area contributed by atoms with E-state index in [-0.39, 0.29) is 17.9 Å². The third kappa shape index (κ3) is 11.1. The molecule has 0 aromatic carbocycles. The molecule has 0 bridgehead atoms. The normalized spacial score (nSPS) is 23.1. The number of amides is 1. The molecule has 5 heteroatoms. The van der Waals surface area contributed by atoms with Crippen LogP contribution in [0, 0.1) is 11.8 Å². The van der Waals surface area contributed by atoms with Gasteiger partial charge >= 0.3 is 0 Å². The first kappa shape index (κ1) is 27.0. The summed E-state index contributed by atoms with van der Waals surface area (Å²) < 4.78 is 0. The van der Waals surface area contributed by atoms with Crippen LogP contribution in [0.1, 0.15) is 103 Å². The van der Waals surface area contributed by atoms with Crippen LogP contribution in [0.5, 0.6) is 0 Å². The molecule has 2 N–H and O–H groups in total. The van der Waals surface area contributed by atoms with E-state index in [0.29, 0.717) is 24.5 Å². The van der Waals surface area contributed by atoms with Gasteiger partial charge in [0.2, 0.25) is 5.91 Å². The van der Waals surface area contributed by atoms with E-state index in [2.05, 4.69) is 23.2 Å². The average molecular weight is 449 g/mol. The van der Waals surface area contributed by atoms with E-state index in [1.54, 1.807) is 0 Å². The molecule has 32 heavy (non-hydrogen) atoms. The first-order valence-corrected chi connectivity index (χ1v) is 13.5. The number of hydrogen-bond acceptors (Lipinski definition) is 4. The van der Waals surface area contributed by atoms with E-state index >= 15 is 0 Å². The van der Waals surface area contributed by atoms with Crippen molar-refractivity contribution in [1.29, 1.82) is 0 Å². The summed E-state index contributed by atoms with van der Waals surface area (Å²) in [5.41, 5.74) is 0. The minimum atomic E-state index is -0.371. The summed E-state index contributed by atoms with van der Waals surface area (Å²) in [7, 11) is 0. The lowest BCUT2D eigenvalue weighted by molar-refractivity contribution is -0.121. The number of carbonyl (C=O) groups is 2. The van der Waals surface area contributed by atoms with E-state index < -0.39 is 0 Å². The smallest absolute Gasteiger partial charge is 0.220 e. The molecule has 0 radical (unpaired) electrons. The van der Waals surface area contributed by atoms with Crippen molar-refractivity contribution in [3.8, 4) is 0 Å². The summed E-state index contributed by atoms with van der Waals surface area (Å²) in [6.45, 7) is 6.27. The predicted molar refractivity (Wildman–Crippen MR) is 132 cm³/mol. The molecule has 5 nitrogen and oxygen atoms in total. The standard InChI is InChI=1S/C27H48N2O3/c1-2-3-7-12-24(30)17-15-23-16-18-26(31)25(23)13-8-4-5-9-14-27(32)28-19-22-29-20-10-6-11-21-29/h15,17,23-25,30H,2-14,16,18-22H2,1H3,(H,28,32)/t23-,24-,25+/m0/s1. The molecule has 2 rings (SSSR count). The number of piperidine rings is 1. The quantitative estimate of drug-likeness (QED) is 0.257. The molecular weight excluding hydrogens is 400 g/mol. The molecule has 2 aliphatic rings. The number of aliphatic hydroxyl groups excluding tert-OH is 1. The van der Waals surface area contributed by atoms with E-state index in [9.17, 15) is 14.7 Å². The highest BCUT2D eigenvalue weighted by atomic mass is 16.3. The Morgan fingerprint density at radius 3 is 2.69 bits per heavy atom. The highest BCUT2D eigenvalue weighted by Crippen LogP contribution is 2.34. The summed E-state index contributed by atoms with van der Waals surface area (Å²) >= 11 is 0. The van der Waals surface area contributed by atoms with Crippen molar-refractivity contribution in [2.45, 2.75) is 109 Å². The van der Waals surface area contributed by atoms with Crippen LogP contribution in [0.2, 0.25) is 0 Å². The second kappa shape index (κ2) is 16.4. The minimum Gasteiger partial charge on any atom is -0.389 e. The molecule has 3 atom stereocenters. The monoisotopic (exact) mass is 448 g/mol. The van der Waals surface area contributed by atoms with Crippen LogP contribution in [0.25, 0.3) is 0 Å². The summed E-state index contributed by atoms with van der Waals surface area (Å²) in [5, 5.41) is 13.2. The van der Waals surface area contributed by atoms with Crippen molar-refractivity contribution in [2.24, 2.45) is 11.8 Å². The number of nitrogens with one attached hydrogen (secondary N) is 1. The molecular formula is C27H48N2O3. The van der Waals surface area contributed by atoms with Crippen molar-refractivity contribution in [1.82, 2.24) is 10.2 Å². The van der Waals surface area contributed by atoms with E-state index in [4.69, 9.17) is 0 Å². The first-order valence-electron chi connectivity index (χ1n) is 13.5. The summed E-state index contributed by atoms with van der Waals surface area (Å²) in [6, 6.07) is 0. The summed E-state index contributed by atoms with van der Waals surface area (Å²) in [4.78, 5) is 26.8. The van der Waals surface area contributed by atoms with E-state index in [1.807, 2.05) is 6.08 Å². The summed E-state index contributed by atoms with van der Waals surface area (Å²) in [5.74, 6) is 1.00. The zero-order valence-electron chi connectivity index (χ0n) is 20.5. The number of rotatable bonds is 16. The van der Waals surface area contributed by atoms with Gasteiger partial charge in [-0.2, -0.15) is 0 Å². The number of ketones is 1. The topological polar surface area (TPSA) is 69.6 Å². The number of unbranched alkanes of at least 4 members (excludes halogenated alkanes) is 5. The number of likely N-dealkylation sites (tertiary alicyclic amines) is 1.